The van der Waals surface area contributed by atoms with E-state index in [0.717, 1.165) is 29.8 Å². The van der Waals surface area contributed by atoms with Crippen LogP contribution >= 0.6 is 0 Å². The van der Waals surface area contributed by atoms with Crippen molar-refractivity contribution in [2.75, 3.05) is 13.7 Å². The number of aromatic nitrogens is 2. The van der Waals surface area contributed by atoms with Crippen LogP contribution in [0.5, 0.6) is 0 Å². The van der Waals surface area contributed by atoms with E-state index in [0.29, 0.717) is 19.4 Å². The number of carbonyl (C=O) groups excluding carboxylic acids is 2. The molecule has 2 heterocycles. The maximum absolute atomic E-state index is 12.6. The molecule has 116 valence electrons. The first-order chi connectivity index (χ1) is 9.95. The standard InChI is InChI=1S/C15H23N3O3/c1-10-12(11(2)17(3)16-10)9-14(19)18-8-6-5-7-13(18)15(20)21-4/h13H,5-9H2,1-4H3/t13-/m1/s1. The van der Waals surface area contributed by atoms with Crippen molar-refractivity contribution in [3.05, 3.63) is 17.0 Å². The van der Waals surface area contributed by atoms with Crippen LogP contribution in [-0.4, -0.2) is 46.3 Å². The van der Waals surface area contributed by atoms with Gasteiger partial charge in [-0.3, -0.25) is 9.48 Å². The number of esters is 1. The summed E-state index contributed by atoms with van der Waals surface area (Å²) >= 11 is 0. The van der Waals surface area contributed by atoms with Crippen molar-refractivity contribution in [1.82, 2.24) is 14.7 Å². The molecule has 0 aliphatic carbocycles. The number of hydrogen-bond donors (Lipinski definition) is 0. The van der Waals surface area contributed by atoms with Crippen LogP contribution < -0.4 is 0 Å². The Balaban J connectivity index is 2.16. The summed E-state index contributed by atoms with van der Waals surface area (Å²) in [5.41, 5.74) is 2.82. The Bertz CT molecular complexity index is 551. The lowest BCUT2D eigenvalue weighted by Crippen LogP contribution is -2.49. The zero-order valence-electron chi connectivity index (χ0n) is 13.2. The van der Waals surface area contributed by atoms with Gasteiger partial charge in [-0.05, 0) is 33.1 Å². The molecule has 0 N–H and O–H groups in total. The van der Waals surface area contributed by atoms with Gasteiger partial charge in [-0.1, -0.05) is 0 Å². The molecule has 1 atom stereocenters. The molecule has 1 aromatic heterocycles. The fourth-order valence-corrected chi connectivity index (χ4v) is 2.94. The van der Waals surface area contributed by atoms with Gasteiger partial charge in [0.25, 0.3) is 0 Å². The molecule has 2 rings (SSSR count). The highest BCUT2D eigenvalue weighted by atomic mass is 16.5. The highest BCUT2D eigenvalue weighted by Crippen LogP contribution is 2.21. The minimum Gasteiger partial charge on any atom is -0.467 e. The zero-order valence-corrected chi connectivity index (χ0v) is 13.2. The molecule has 0 spiro atoms. The number of piperidine rings is 1. The summed E-state index contributed by atoms with van der Waals surface area (Å²) in [5, 5.41) is 4.33. The third-order valence-corrected chi connectivity index (χ3v) is 4.28. The molecule has 1 fully saturated rings. The second-order valence-corrected chi connectivity index (χ2v) is 5.57. The molecule has 6 nitrogen and oxygen atoms in total. The Morgan fingerprint density at radius 2 is 2.05 bits per heavy atom. The number of nitrogens with zero attached hydrogens (tertiary/aromatic N) is 3. The first-order valence-corrected chi connectivity index (χ1v) is 7.32. The topological polar surface area (TPSA) is 64.4 Å². The van der Waals surface area contributed by atoms with Gasteiger partial charge in [-0.15, -0.1) is 0 Å². The lowest BCUT2D eigenvalue weighted by atomic mass is 10.0. The summed E-state index contributed by atoms with van der Waals surface area (Å²) < 4.78 is 6.61. The normalized spacial score (nSPS) is 18.7. The molecule has 0 saturated carbocycles. The van der Waals surface area contributed by atoms with Gasteiger partial charge in [0.15, 0.2) is 0 Å². The van der Waals surface area contributed by atoms with Gasteiger partial charge in [-0.25, -0.2) is 4.79 Å². The van der Waals surface area contributed by atoms with Gasteiger partial charge in [-0.2, -0.15) is 5.10 Å². The average Bonchev–Trinajstić information content (AvgIpc) is 2.72. The van der Waals surface area contributed by atoms with Crippen molar-refractivity contribution in [1.29, 1.82) is 0 Å². The van der Waals surface area contributed by atoms with E-state index in [-0.39, 0.29) is 11.9 Å². The molecule has 0 radical (unpaired) electrons. The maximum Gasteiger partial charge on any atom is 0.328 e. The van der Waals surface area contributed by atoms with E-state index in [2.05, 4.69) is 5.10 Å². The van der Waals surface area contributed by atoms with Gasteiger partial charge in [0.2, 0.25) is 5.91 Å². The number of likely N-dealkylation sites (tertiary alicyclic amines) is 1. The van der Waals surface area contributed by atoms with Crippen molar-refractivity contribution in [2.24, 2.45) is 7.05 Å². The molecule has 0 unspecified atom stereocenters. The Kier molecular flexibility index (Phi) is 4.65. The molecule has 21 heavy (non-hydrogen) atoms. The molecular weight excluding hydrogens is 270 g/mol. The van der Waals surface area contributed by atoms with Gasteiger partial charge >= 0.3 is 5.97 Å². The number of rotatable bonds is 3. The molecule has 1 aromatic rings. The van der Waals surface area contributed by atoms with Crippen molar-refractivity contribution >= 4 is 11.9 Å². The molecular formula is C15H23N3O3. The summed E-state index contributed by atoms with van der Waals surface area (Å²) in [7, 11) is 3.24. The lowest BCUT2D eigenvalue weighted by Gasteiger charge is -2.33. The third kappa shape index (κ3) is 3.09. The van der Waals surface area contributed by atoms with Gasteiger partial charge in [0.05, 0.1) is 19.2 Å². The summed E-state index contributed by atoms with van der Waals surface area (Å²) in [6, 6.07) is -0.437. The van der Waals surface area contributed by atoms with Crippen molar-refractivity contribution < 1.29 is 14.3 Å². The van der Waals surface area contributed by atoms with E-state index >= 15 is 0 Å². The second-order valence-electron chi connectivity index (χ2n) is 5.57. The van der Waals surface area contributed by atoms with Crippen LogP contribution in [0.2, 0.25) is 0 Å². The number of methoxy groups -OCH3 is 1. The number of amides is 1. The predicted molar refractivity (Wildman–Crippen MR) is 77.8 cm³/mol. The minimum atomic E-state index is -0.437. The fourth-order valence-electron chi connectivity index (χ4n) is 2.94. The molecule has 1 aliphatic heterocycles. The largest absolute Gasteiger partial charge is 0.467 e. The Morgan fingerprint density at radius 3 is 2.62 bits per heavy atom. The third-order valence-electron chi connectivity index (χ3n) is 4.28. The first-order valence-electron chi connectivity index (χ1n) is 7.32. The van der Waals surface area contributed by atoms with Crippen LogP contribution in [0.25, 0.3) is 0 Å². The lowest BCUT2D eigenvalue weighted by molar-refractivity contribution is -0.154. The van der Waals surface area contributed by atoms with Crippen LogP contribution in [0, 0.1) is 13.8 Å². The van der Waals surface area contributed by atoms with E-state index in [1.165, 1.54) is 7.11 Å². The molecule has 1 amide bonds. The van der Waals surface area contributed by atoms with Crippen molar-refractivity contribution in [2.45, 2.75) is 45.6 Å². The van der Waals surface area contributed by atoms with Crippen LogP contribution in [-0.2, 0) is 27.8 Å². The average molecular weight is 293 g/mol. The Morgan fingerprint density at radius 1 is 1.33 bits per heavy atom. The maximum atomic E-state index is 12.6. The summed E-state index contributed by atoms with van der Waals surface area (Å²) in [6.07, 6.45) is 2.86. The van der Waals surface area contributed by atoms with Crippen LogP contribution in [0.4, 0.5) is 0 Å². The van der Waals surface area contributed by atoms with Crippen LogP contribution in [0.3, 0.4) is 0 Å². The van der Waals surface area contributed by atoms with E-state index in [4.69, 9.17) is 4.74 Å². The van der Waals surface area contributed by atoms with Crippen molar-refractivity contribution in [3.63, 3.8) is 0 Å². The summed E-state index contributed by atoms with van der Waals surface area (Å²) in [6.45, 7) is 4.48. The SMILES string of the molecule is COC(=O)[C@H]1CCCCN1C(=O)Cc1c(C)nn(C)c1C. The Hall–Kier alpha value is -1.85. The number of ether oxygens (including phenoxy) is 1. The summed E-state index contributed by atoms with van der Waals surface area (Å²) in [5.74, 6) is -0.341. The van der Waals surface area contributed by atoms with Gasteiger partial charge < -0.3 is 9.64 Å². The first kappa shape index (κ1) is 15.5. The van der Waals surface area contributed by atoms with E-state index in [1.807, 2.05) is 20.9 Å². The van der Waals surface area contributed by atoms with E-state index in [9.17, 15) is 9.59 Å². The van der Waals surface area contributed by atoms with Gasteiger partial charge in [0.1, 0.15) is 6.04 Å². The van der Waals surface area contributed by atoms with Crippen LogP contribution in [0.1, 0.15) is 36.2 Å². The molecule has 6 heteroatoms. The molecule has 0 bridgehead atoms. The smallest absolute Gasteiger partial charge is 0.328 e. The molecule has 0 aromatic carbocycles. The summed E-state index contributed by atoms with van der Waals surface area (Å²) in [4.78, 5) is 26.1. The fraction of sp³-hybridized carbons (Fsp3) is 0.667. The number of carbonyl (C=O) groups is 2. The highest BCUT2D eigenvalue weighted by molar-refractivity contribution is 5.86. The monoisotopic (exact) mass is 293 g/mol. The van der Waals surface area contributed by atoms with Gasteiger partial charge in [0, 0.05) is 24.8 Å². The Labute approximate surface area is 125 Å². The van der Waals surface area contributed by atoms with Crippen molar-refractivity contribution in [3.8, 4) is 0 Å². The molecule has 1 aliphatic rings. The minimum absolute atomic E-state index is 0.0238. The number of aryl methyl sites for hydroxylation is 2. The molecule has 1 saturated heterocycles. The number of hydrogen-bond acceptors (Lipinski definition) is 4. The van der Waals surface area contributed by atoms with Crippen LogP contribution in [0.15, 0.2) is 0 Å². The van der Waals surface area contributed by atoms with E-state index in [1.54, 1.807) is 9.58 Å². The second kappa shape index (κ2) is 6.28. The van der Waals surface area contributed by atoms with E-state index < -0.39 is 6.04 Å². The zero-order chi connectivity index (χ0) is 15.6. The quantitative estimate of drug-likeness (QED) is 0.784. The predicted octanol–water partition coefficient (Wildman–Crippen LogP) is 1.13. The highest BCUT2D eigenvalue weighted by Gasteiger charge is 2.33.